The summed E-state index contributed by atoms with van der Waals surface area (Å²) in [5, 5.41) is 1.74. The van der Waals surface area contributed by atoms with Gasteiger partial charge in [0.1, 0.15) is 9.96 Å². The van der Waals surface area contributed by atoms with Crippen molar-refractivity contribution in [3.63, 3.8) is 0 Å². The summed E-state index contributed by atoms with van der Waals surface area (Å²) in [5.74, 6) is 0.703. The molecule has 27 heavy (non-hydrogen) atoms. The van der Waals surface area contributed by atoms with Crippen LogP contribution in [0.5, 0.6) is 5.75 Å². The molecule has 0 aliphatic carbocycles. The second-order valence-corrected chi connectivity index (χ2v) is 9.70. The van der Waals surface area contributed by atoms with Crippen molar-refractivity contribution in [2.75, 3.05) is 13.1 Å². The van der Waals surface area contributed by atoms with Gasteiger partial charge in [-0.15, -0.1) is 11.3 Å². The summed E-state index contributed by atoms with van der Waals surface area (Å²) in [7, 11) is -3.47. The minimum Gasteiger partial charge on any atom is -0.491 e. The highest BCUT2D eigenvalue weighted by molar-refractivity contribution is 7.91. The van der Waals surface area contributed by atoms with Crippen LogP contribution in [0.4, 0.5) is 0 Å². The van der Waals surface area contributed by atoms with Gasteiger partial charge in [0.2, 0.25) is 10.0 Å². The highest BCUT2D eigenvalue weighted by Crippen LogP contribution is 2.20. The van der Waals surface area contributed by atoms with Crippen molar-refractivity contribution in [2.45, 2.75) is 43.0 Å². The summed E-state index contributed by atoms with van der Waals surface area (Å²) in [4.78, 5) is 14.4. The lowest BCUT2D eigenvalue weighted by Crippen LogP contribution is -2.46. The van der Waals surface area contributed by atoms with Crippen molar-refractivity contribution in [3.8, 4) is 5.75 Å². The van der Waals surface area contributed by atoms with Crippen LogP contribution in [0.3, 0.4) is 0 Å². The minimum absolute atomic E-state index is 0.0364. The molecule has 1 aromatic carbocycles. The fourth-order valence-corrected chi connectivity index (χ4v) is 5.34. The molecule has 1 aliphatic rings. The summed E-state index contributed by atoms with van der Waals surface area (Å²) >= 11 is 1.20. The molecule has 1 N–H and O–H groups in total. The summed E-state index contributed by atoms with van der Waals surface area (Å²) in [6.45, 7) is 4.97. The largest absolute Gasteiger partial charge is 0.491 e. The molecular formula is C19H24N2O4S2. The normalized spacial score (nSPS) is 15.9. The van der Waals surface area contributed by atoms with Gasteiger partial charge in [-0.25, -0.2) is 13.1 Å². The molecule has 0 saturated carbocycles. The number of sulfonamides is 1. The van der Waals surface area contributed by atoms with Gasteiger partial charge in [-0.2, -0.15) is 0 Å². The quantitative estimate of drug-likeness (QED) is 0.797. The SMILES string of the molecule is CC(C)Oc1ccc(C(=O)N2CCC(NS(=O)(=O)c3cccs3)CC2)cc1. The third-order valence-corrected chi connectivity index (χ3v) is 7.25. The van der Waals surface area contributed by atoms with E-state index in [0.717, 1.165) is 5.75 Å². The van der Waals surface area contributed by atoms with Crippen molar-refractivity contribution in [1.82, 2.24) is 9.62 Å². The molecule has 1 saturated heterocycles. The number of carbonyl (C=O) groups excluding carboxylic acids is 1. The van der Waals surface area contributed by atoms with Gasteiger partial charge in [-0.05, 0) is 62.4 Å². The molecule has 6 nitrogen and oxygen atoms in total. The van der Waals surface area contributed by atoms with Crippen LogP contribution in [0.1, 0.15) is 37.0 Å². The second-order valence-electron chi connectivity index (χ2n) is 6.81. The molecule has 2 aromatic rings. The highest BCUT2D eigenvalue weighted by Gasteiger charge is 2.27. The van der Waals surface area contributed by atoms with E-state index in [1.165, 1.54) is 11.3 Å². The predicted molar refractivity (Wildman–Crippen MR) is 106 cm³/mol. The number of carbonyl (C=O) groups is 1. The maximum Gasteiger partial charge on any atom is 0.253 e. The maximum absolute atomic E-state index is 12.7. The Morgan fingerprint density at radius 1 is 1.19 bits per heavy atom. The molecule has 0 atom stereocenters. The van der Waals surface area contributed by atoms with Crippen LogP contribution in [0, 0.1) is 0 Å². The predicted octanol–water partition coefficient (Wildman–Crippen LogP) is 3.12. The van der Waals surface area contributed by atoms with Crippen LogP contribution < -0.4 is 9.46 Å². The molecule has 0 spiro atoms. The number of thiophene rings is 1. The van der Waals surface area contributed by atoms with E-state index in [0.29, 0.717) is 35.7 Å². The van der Waals surface area contributed by atoms with Crippen molar-refractivity contribution in [1.29, 1.82) is 0 Å². The van der Waals surface area contributed by atoms with Crippen LogP contribution in [-0.2, 0) is 10.0 Å². The molecule has 146 valence electrons. The van der Waals surface area contributed by atoms with Gasteiger partial charge in [-0.3, -0.25) is 4.79 Å². The lowest BCUT2D eigenvalue weighted by atomic mass is 10.0. The summed E-state index contributed by atoms with van der Waals surface area (Å²) in [6, 6.07) is 10.3. The standard InChI is InChI=1S/C19H24N2O4S2/c1-14(2)25-17-7-5-15(6-8-17)19(22)21-11-9-16(10-12-21)20-27(23,24)18-4-3-13-26-18/h3-8,13-14,16,20H,9-12H2,1-2H3. The number of nitrogens with one attached hydrogen (secondary N) is 1. The first-order valence-corrected chi connectivity index (χ1v) is 11.3. The molecule has 1 amide bonds. The lowest BCUT2D eigenvalue weighted by molar-refractivity contribution is 0.0711. The molecular weight excluding hydrogens is 384 g/mol. The molecule has 1 aliphatic heterocycles. The van der Waals surface area contributed by atoms with E-state index in [1.54, 1.807) is 46.7 Å². The van der Waals surface area contributed by atoms with Crippen molar-refractivity contribution < 1.29 is 17.9 Å². The summed E-state index contributed by atoms with van der Waals surface area (Å²) in [5.41, 5.74) is 0.615. The molecule has 0 bridgehead atoms. The first kappa shape index (κ1) is 19.9. The Kier molecular flexibility index (Phi) is 6.18. The number of piperidine rings is 1. The van der Waals surface area contributed by atoms with Crippen molar-refractivity contribution in [3.05, 3.63) is 47.3 Å². The topological polar surface area (TPSA) is 75.7 Å². The van der Waals surface area contributed by atoms with Crippen molar-refractivity contribution in [2.24, 2.45) is 0 Å². The molecule has 8 heteroatoms. The Labute approximate surface area is 164 Å². The summed E-state index contributed by atoms with van der Waals surface area (Å²) in [6.07, 6.45) is 1.29. The first-order valence-electron chi connectivity index (χ1n) is 8.97. The number of rotatable bonds is 6. The van der Waals surface area contributed by atoms with E-state index in [2.05, 4.69) is 4.72 Å². The number of amides is 1. The average molecular weight is 409 g/mol. The molecule has 1 fully saturated rings. The van der Waals surface area contributed by atoms with E-state index < -0.39 is 10.0 Å². The molecule has 2 heterocycles. The van der Waals surface area contributed by atoms with E-state index in [9.17, 15) is 13.2 Å². The van der Waals surface area contributed by atoms with Crippen LogP contribution >= 0.6 is 11.3 Å². The molecule has 0 radical (unpaired) electrons. The number of nitrogens with zero attached hydrogens (tertiary/aromatic N) is 1. The monoisotopic (exact) mass is 408 g/mol. The van der Waals surface area contributed by atoms with E-state index in [-0.39, 0.29) is 18.1 Å². The number of benzene rings is 1. The lowest BCUT2D eigenvalue weighted by Gasteiger charge is -2.32. The van der Waals surface area contributed by atoms with Gasteiger partial charge >= 0.3 is 0 Å². The Morgan fingerprint density at radius 3 is 2.41 bits per heavy atom. The molecule has 3 rings (SSSR count). The average Bonchev–Trinajstić information content (AvgIpc) is 3.17. The first-order chi connectivity index (χ1) is 12.8. The van der Waals surface area contributed by atoms with Gasteiger partial charge in [0.25, 0.3) is 5.91 Å². The van der Waals surface area contributed by atoms with Gasteiger partial charge in [0, 0.05) is 24.7 Å². The van der Waals surface area contributed by atoms with Crippen molar-refractivity contribution >= 4 is 27.3 Å². The second kappa shape index (κ2) is 8.41. The number of ether oxygens (including phenoxy) is 1. The third kappa shape index (κ3) is 5.09. The van der Waals surface area contributed by atoms with Gasteiger partial charge in [0.15, 0.2) is 0 Å². The fraction of sp³-hybridized carbons (Fsp3) is 0.421. The van der Waals surface area contributed by atoms with Crippen LogP contribution in [0.2, 0.25) is 0 Å². The van der Waals surface area contributed by atoms with Gasteiger partial charge < -0.3 is 9.64 Å². The maximum atomic E-state index is 12.7. The smallest absolute Gasteiger partial charge is 0.253 e. The fourth-order valence-electron chi connectivity index (χ4n) is 3.03. The van der Waals surface area contributed by atoms with E-state index in [4.69, 9.17) is 4.74 Å². The van der Waals surface area contributed by atoms with E-state index in [1.807, 2.05) is 13.8 Å². The Hall–Kier alpha value is -1.90. The Balaban J connectivity index is 1.55. The zero-order chi connectivity index (χ0) is 19.4. The van der Waals surface area contributed by atoms with Gasteiger partial charge in [-0.1, -0.05) is 6.07 Å². The van der Waals surface area contributed by atoms with Crippen LogP contribution in [0.25, 0.3) is 0 Å². The highest BCUT2D eigenvalue weighted by atomic mass is 32.2. The number of hydrogen-bond acceptors (Lipinski definition) is 5. The zero-order valence-electron chi connectivity index (χ0n) is 15.4. The zero-order valence-corrected chi connectivity index (χ0v) is 17.1. The molecule has 1 aromatic heterocycles. The van der Waals surface area contributed by atoms with E-state index >= 15 is 0 Å². The Bertz CT molecular complexity index is 854. The number of hydrogen-bond donors (Lipinski definition) is 1. The van der Waals surface area contributed by atoms with Crippen LogP contribution in [-0.4, -0.2) is 44.5 Å². The molecule has 0 unspecified atom stereocenters. The Morgan fingerprint density at radius 2 is 1.85 bits per heavy atom. The van der Waals surface area contributed by atoms with Crippen LogP contribution in [0.15, 0.2) is 46.0 Å². The van der Waals surface area contributed by atoms with Gasteiger partial charge in [0.05, 0.1) is 6.10 Å². The summed E-state index contributed by atoms with van der Waals surface area (Å²) < 4.78 is 33.3. The third-order valence-electron chi connectivity index (χ3n) is 4.34. The number of likely N-dealkylation sites (tertiary alicyclic amines) is 1. The minimum atomic E-state index is -3.47.